The van der Waals surface area contributed by atoms with Gasteiger partial charge in [0.1, 0.15) is 11.9 Å². The summed E-state index contributed by atoms with van der Waals surface area (Å²) in [5.74, 6) is -1.82. The molecule has 19 heavy (non-hydrogen) atoms. The molecule has 104 valence electrons. The quantitative estimate of drug-likeness (QED) is 0.876. The second-order valence-electron chi connectivity index (χ2n) is 5.44. The summed E-state index contributed by atoms with van der Waals surface area (Å²) in [6, 6.07) is 4.53. The van der Waals surface area contributed by atoms with E-state index in [1.807, 2.05) is 0 Å². The lowest BCUT2D eigenvalue weighted by Gasteiger charge is -2.22. The lowest BCUT2D eigenvalue weighted by atomic mass is 9.94. The van der Waals surface area contributed by atoms with E-state index in [-0.39, 0.29) is 18.1 Å². The molecule has 0 aliphatic heterocycles. The number of aliphatic carboxylic acids is 1. The second-order valence-corrected chi connectivity index (χ2v) is 5.44. The molecule has 1 rings (SSSR count). The summed E-state index contributed by atoms with van der Waals surface area (Å²) in [7, 11) is 0. The lowest BCUT2D eigenvalue weighted by Crippen LogP contribution is -2.46. The largest absolute Gasteiger partial charge is 0.480 e. The monoisotopic (exact) mass is 267 g/mol. The van der Waals surface area contributed by atoms with E-state index >= 15 is 0 Å². The van der Waals surface area contributed by atoms with Crippen LogP contribution in [0.2, 0.25) is 0 Å². The van der Waals surface area contributed by atoms with Crippen molar-refractivity contribution in [3.05, 3.63) is 35.6 Å². The van der Waals surface area contributed by atoms with Crippen molar-refractivity contribution in [3.8, 4) is 0 Å². The van der Waals surface area contributed by atoms with Gasteiger partial charge in [0, 0.05) is 11.8 Å². The van der Waals surface area contributed by atoms with Gasteiger partial charge in [0.25, 0.3) is 0 Å². The second kappa shape index (κ2) is 5.82. The molecule has 0 heterocycles. The molecule has 4 nitrogen and oxygen atoms in total. The van der Waals surface area contributed by atoms with Gasteiger partial charge >= 0.3 is 5.97 Å². The van der Waals surface area contributed by atoms with Crippen molar-refractivity contribution in [2.24, 2.45) is 5.41 Å². The van der Waals surface area contributed by atoms with Crippen molar-refractivity contribution in [3.63, 3.8) is 0 Å². The van der Waals surface area contributed by atoms with Crippen LogP contribution in [0.25, 0.3) is 0 Å². The number of carboxylic acid groups (broad SMARTS) is 1. The van der Waals surface area contributed by atoms with E-state index in [9.17, 15) is 14.0 Å². The Hall–Kier alpha value is -1.91. The maximum atomic E-state index is 12.8. The minimum atomic E-state index is -1.11. The molecular weight excluding hydrogens is 249 g/mol. The summed E-state index contributed by atoms with van der Waals surface area (Å²) < 4.78 is 12.8. The zero-order valence-electron chi connectivity index (χ0n) is 11.2. The number of rotatable bonds is 4. The molecule has 1 aromatic rings. The van der Waals surface area contributed by atoms with Gasteiger partial charge in [-0.05, 0) is 17.7 Å². The number of benzene rings is 1. The van der Waals surface area contributed by atoms with Crippen molar-refractivity contribution in [2.75, 3.05) is 0 Å². The molecule has 0 saturated carbocycles. The van der Waals surface area contributed by atoms with Crippen LogP contribution in [0.4, 0.5) is 4.39 Å². The molecule has 0 aliphatic rings. The molecule has 1 aromatic carbocycles. The highest BCUT2D eigenvalue weighted by atomic mass is 19.1. The molecule has 0 unspecified atom stereocenters. The maximum absolute atomic E-state index is 12.8. The number of hydrogen-bond donors (Lipinski definition) is 2. The Kier molecular flexibility index (Phi) is 4.64. The zero-order chi connectivity index (χ0) is 14.6. The van der Waals surface area contributed by atoms with E-state index in [4.69, 9.17) is 5.11 Å². The van der Waals surface area contributed by atoms with Gasteiger partial charge in [0.2, 0.25) is 5.91 Å². The van der Waals surface area contributed by atoms with Crippen LogP contribution >= 0.6 is 0 Å². The summed E-state index contributed by atoms with van der Waals surface area (Å²) in [4.78, 5) is 22.9. The van der Waals surface area contributed by atoms with Crippen molar-refractivity contribution in [2.45, 2.75) is 33.2 Å². The first kappa shape index (κ1) is 15.1. The van der Waals surface area contributed by atoms with Crippen LogP contribution in [0.15, 0.2) is 24.3 Å². The fourth-order valence-electron chi connectivity index (χ4n) is 1.43. The lowest BCUT2D eigenvalue weighted by molar-refractivity contribution is -0.143. The number of carboxylic acids is 1. The highest BCUT2D eigenvalue weighted by molar-refractivity contribution is 5.86. The van der Waals surface area contributed by atoms with Crippen LogP contribution < -0.4 is 5.32 Å². The third kappa shape index (κ3) is 4.69. The average molecular weight is 267 g/mol. The van der Waals surface area contributed by atoms with Crippen molar-refractivity contribution >= 4 is 11.9 Å². The molecule has 0 radical (unpaired) electrons. The first-order chi connectivity index (χ1) is 8.70. The van der Waals surface area contributed by atoms with E-state index < -0.39 is 17.4 Å². The van der Waals surface area contributed by atoms with E-state index in [2.05, 4.69) is 5.32 Å². The Bertz CT molecular complexity index is 463. The average Bonchev–Trinajstić information content (AvgIpc) is 2.29. The van der Waals surface area contributed by atoms with E-state index in [1.54, 1.807) is 20.8 Å². The fraction of sp³-hybridized carbons (Fsp3) is 0.429. The molecule has 1 amide bonds. The van der Waals surface area contributed by atoms with Gasteiger partial charge in [0.05, 0.1) is 0 Å². The molecule has 0 saturated heterocycles. The highest BCUT2D eigenvalue weighted by Gasteiger charge is 2.27. The van der Waals surface area contributed by atoms with Crippen LogP contribution in [0.5, 0.6) is 0 Å². The highest BCUT2D eigenvalue weighted by Crippen LogP contribution is 2.14. The maximum Gasteiger partial charge on any atom is 0.326 e. The van der Waals surface area contributed by atoms with Crippen molar-refractivity contribution in [1.82, 2.24) is 5.32 Å². The Morgan fingerprint density at radius 2 is 1.79 bits per heavy atom. The predicted octanol–water partition coefficient (Wildman–Crippen LogP) is 1.98. The van der Waals surface area contributed by atoms with Crippen molar-refractivity contribution < 1.29 is 19.1 Å². The van der Waals surface area contributed by atoms with E-state index in [0.717, 1.165) is 0 Å². The van der Waals surface area contributed by atoms with Gasteiger partial charge in [-0.25, -0.2) is 9.18 Å². The smallest absolute Gasteiger partial charge is 0.326 e. The van der Waals surface area contributed by atoms with E-state index in [1.165, 1.54) is 24.3 Å². The normalized spacial score (nSPS) is 12.8. The summed E-state index contributed by atoms with van der Waals surface area (Å²) in [6.07, 6.45) is 0.122. The van der Waals surface area contributed by atoms with Crippen LogP contribution in [-0.2, 0) is 16.0 Å². The van der Waals surface area contributed by atoms with Crippen molar-refractivity contribution in [1.29, 1.82) is 0 Å². The van der Waals surface area contributed by atoms with Gasteiger partial charge in [-0.15, -0.1) is 0 Å². The predicted molar refractivity (Wildman–Crippen MR) is 69.1 cm³/mol. The number of nitrogens with one attached hydrogen (secondary N) is 1. The molecule has 0 spiro atoms. The summed E-state index contributed by atoms with van der Waals surface area (Å²) >= 11 is 0. The minimum Gasteiger partial charge on any atom is -0.480 e. The summed E-state index contributed by atoms with van der Waals surface area (Å²) in [5.41, 5.74) is -0.000690. The molecule has 0 aliphatic carbocycles. The fourth-order valence-corrected chi connectivity index (χ4v) is 1.43. The first-order valence-corrected chi connectivity index (χ1v) is 5.98. The molecule has 2 N–H and O–H groups in total. The van der Waals surface area contributed by atoms with Gasteiger partial charge in [-0.3, -0.25) is 4.79 Å². The molecule has 0 fully saturated rings. The number of carbonyl (C=O) groups is 2. The molecule has 1 atom stereocenters. The zero-order valence-corrected chi connectivity index (χ0v) is 11.2. The minimum absolute atomic E-state index is 0.122. The van der Waals surface area contributed by atoms with Crippen LogP contribution in [0.3, 0.4) is 0 Å². The Morgan fingerprint density at radius 3 is 2.21 bits per heavy atom. The Labute approximate surface area is 111 Å². The molecular formula is C14H18FNO3. The summed E-state index contributed by atoms with van der Waals surface area (Å²) in [6.45, 7) is 5.12. The third-order valence-corrected chi connectivity index (χ3v) is 2.64. The molecule has 0 bridgehead atoms. The van der Waals surface area contributed by atoms with Crippen LogP contribution in [-0.4, -0.2) is 23.0 Å². The number of amides is 1. The number of halogens is 1. The summed E-state index contributed by atoms with van der Waals surface area (Å²) in [5, 5.41) is 11.6. The SMILES string of the molecule is CC(C)(C)C(=O)N[C@H](Cc1ccc(F)cc1)C(=O)O. The molecule has 5 heteroatoms. The van der Waals surface area contributed by atoms with E-state index in [0.29, 0.717) is 5.56 Å². The van der Waals surface area contributed by atoms with Crippen LogP contribution in [0.1, 0.15) is 26.3 Å². The standard InChI is InChI=1S/C14H18FNO3/c1-14(2,3)13(19)16-11(12(17)18)8-9-4-6-10(15)7-5-9/h4-7,11H,8H2,1-3H3,(H,16,19)(H,17,18)/t11-/m1/s1. The Balaban J connectivity index is 2.77. The van der Waals surface area contributed by atoms with Gasteiger partial charge in [-0.1, -0.05) is 32.9 Å². The molecule has 0 aromatic heterocycles. The topological polar surface area (TPSA) is 66.4 Å². The van der Waals surface area contributed by atoms with Crippen LogP contribution in [0, 0.1) is 11.2 Å². The van der Waals surface area contributed by atoms with Gasteiger partial charge < -0.3 is 10.4 Å². The van der Waals surface area contributed by atoms with Gasteiger partial charge in [0.15, 0.2) is 0 Å². The number of carbonyl (C=O) groups excluding carboxylic acids is 1. The number of hydrogen-bond acceptors (Lipinski definition) is 2. The van der Waals surface area contributed by atoms with Gasteiger partial charge in [-0.2, -0.15) is 0 Å². The first-order valence-electron chi connectivity index (χ1n) is 5.98. The Morgan fingerprint density at radius 1 is 1.26 bits per heavy atom. The third-order valence-electron chi connectivity index (χ3n) is 2.64.